The summed E-state index contributed by atoms with van der Waals surface area (Å²) in [5.74, 6) is -0.185. The molecule has 0 spiro atoms. The summed E-state index contributed by atoms with van der Waals surface area (Å²) in [5.41, 5.74) is 2.85. The van der Waals surface area contributed by atoms with Crippen LogP contribution in [-0.4, -0.2) is 41.9 Å². The van der Waals surface area contributed by atoms with Crippen molar-refractivity contribution < 1.29 is 4.79 Å². The minimum absolute atomic E-state index is 0.185. The first-order valence-electron chi connectivity index (χ1n) is 9.35. The number of piperazine rings is 1. The first-order valence-corrected chi connectivity index (χ1v) is 10.5. The first kappa shape index (κ1) is 20.3. The molecule has 0 bridgehead atoms. The Balaban J connectivity index is 1.47. The van der Waals surface area contributed by atoms with Crippen LogP contribution in [0.3, 0.4) is 0 Å². The molecule has 2 heterocycles. The van der Waals surface area contributed by atoms with Crippen molar-refractivity contribution in [3.8, 4) is 0 Å². The van der Waals surface area contributed by atoms with Gasteiger partial charge in [-0.1, -0.05) is 71.7 Å². The van der Waals surface area contributed by atoms with Crippen molar-refractivity contribution in [2.45, 2.75) is 6.54 Å². The molecule has 7 heteroatoms. The molecule has 0 aliphatic carbocycles. The Morgan fingerprint density at radius 2 is 1.59 bits per heavy atom. The van der Waals surface area contributed by atoms with Crippen molar-refractivity contribution in [3.05, 3.63) is 87.1 Å². The Morgan fingerprint density at radius 3 is 2.24 bits per heavy atom. The number of hydrogen-bond donors (Lipinski definition) is 0. The van der Waals surface area contributed by atoms with E-state index >= 15 is 0 Å². The lowest BCUT2D eigenvalue weighted by atomic mass is 10.2. The molecule has 4 rings (SSSR count). The predicted octanol–water partition coefficient (Wildman–Crippen LogP) is 5.12. The number of anilines is 1. The van der Waals surface area contributed by atoms with E-state index in [2.05, 4.69) is 40.6 Å². The third-order valence-electron chi connectivity index (χ3n) is 5.24. The molecule has 2 aliphatic heterocycles. The van der Waals surface area contributed by atoms with Crippen LogP contribution < -0.4 is 4.90 Å². The van der Waals surface area contributed by atoms with Crippen molar-refractivity contribution in [1.82, 2.24) is 9.80 Å². The summed E-state index contributed by atoms with van der Waals surface area (Å²) >= 11 is 18.7. The number of benzene rings is 2. The van der Waals surface area contributed by atoms with Gasteiger partial charge in [0, 0.05) is 32.7 Å². The molecule has 1 fully saturated rings. The number of hydrogen-bond acceptors (Lipinski definition) is 3. The zero-order valence-electron chi connectivity index (χ0n) is 15.7. The zero-order chi connectivity index (χ0) is 20.5. The number of amides is 1. The quantitative estimate of drug-likeness (QED) is 0.649. The molecule has 1 saturated heterocycles. The molecule has 29 heavy (non-hydrogen) atoms. The Labute approximate surface area is 185 Å². The van der Waals surface area contributed by atoms with E-state index < -0.39 is 0 Å². The monoisotopic (exact) mass is 447 g/mol. The van der Waals surface area contributed by atoms with Crippen molar-refractivity contribution in [2.24, 2.45) is 0 Å². The minimum atomic E-state index is -0.185. The third-order valence-corrected chi connectivity index (χ3v) is 6.37. The van der Waals surface area contributed by atoms with E-state index in [9.17, 15) is 4.79 Å². The van der Waals surface area contributed by atoms with E-state index in [0.29, 0.717) is 32.2 Å². The molecule has 0 aromatic heterocycles. The van der Waals surface area contributed by atoms with Gasteiger partial charge in [-0.25, -0.2) is 0 Å². The fourth-order valence-corrected chi connectivity index (χ4v) is 4.28. The highest BCUT2D eigenvalue weighted by atomic mass is 35.5. The number of carbonyl (C=O) groups is 1. The highest BCUT2D eigenvalue weighted by Crippen LogP contribution is 2.38. The molecule has 0 atom stereocenters. The maximum absolute atomic E-state index is 13.2. The molecule has 0 unspecified atom stereocenters. The van der Waals surface area contributed by atoms with Gasteiger partial charge in [0.05, 0.1) is 26.5 Å². The van der Waals surface area contributed by atoms with Crippen LogP contribution in [0.25, 0.3) is 0 Å². The summed E-state index contributed by atoms with van der Waals surface area (Å²) in [6, 6.07) is 15.4. The highest BCUT2D eigenvalue weighted by molar-refractivity contribution is 6.42. The van der Waals surface area contributed by atoms with Crippen LogP contribution >= 0.6 is 34.8 Å². The second-order valence-corrected chi connectivity index (χ2v) is 8.29. The number of halogens is 3. The number of allylic oxidation sites excluding steroid dienone is 1. The maximum atomic E-state index is 13.2. The summed E-state index contributed by atoms with van der Waals surface area (Å²) < 4.78 is 0. The SMILES string of the molecule is C=C1C(Cl)=C(N2CCN(Cc3ccccc3)CC2)C(=O)N1c1ccc(Cl)c(Cl)c1. The number of nitrogens with zero attached hydrogens (tertiary/aromatic N) is 3. The molecule has 2 aliphatic rings. The van der Waals surface area contributed by atoms with Gasteiger partial charge in [0.2, 0.25) is 0 Å². The summed E-state index contributed by atoms with van der Waals surface area (Å²) in [6.07, 6.45) is 0. The van der Waals surface area contributed by atoms with E-state index in [0.717, 1.165) is 32.7 Å². The van der Waals surface area contributed by atoms with Gasteiger partial charge >= 0.3 is 0 Å². The van der Waals surface area contributed by atoms with Gasteiger partial charge < -0.3 is 4.90 Å². The van der Waals surface area contributed by atoms with Crippen LogP contribution in [-0.2, 0) is 11.3 Å². The first-order chi connectivity index (χ1) is 14.0. The minimum Gasteiger partial charge on any atom is -0.363 e. The molecular formula is C22H20Cl3N3O. The molecule has 0 radical (unpaired) electrons. The standard InChI is InChI=1S/C22H20Cl3N3O/c1-15-20(25)21(22(29)28(15)17-7-8-18(23)19(24)13-17)27-11-9-26(10-12-27)14-16-5-3-2-4-6-16/h2-8,13H,1,9-12,14H2. The van der Waals surface area contributed by atoms with Crippen LogP contribution in [0.2, 0.25) is 10.0 Å². The van der Waals surface area contributed by atoms with E-state index in [4.69, 9.17) is 34.8 Å². The van der Waals surface area contributed by atoms with E-state index in [1.165, 1.54) is 10.5 Å². The van der Waals surface area contributed by atoms with Gasteiger partial charge in [-0.3, -0.25) is 14.6 Å². The normalized spacial score (nSPS) is 18.2. The second-order valence-electron chi connectivity index (χ2n) is 7.10. The lowest BCUT2D eigenvalue weighted by Gasteiger charge is -2.36. The third kappa shape index (κ3) is 4.03. The molecule has 0 N–H and O–H groups in total. The zero-order valence-corrected chi connectivity index (χ0v) is 18.0. The van der Waals surface area contributed by atoms with Gasteiger partial charge in [0.15, 0.2) is 0 Å². The summed E-state index contributed by atoms with van der Waals surface area (Å²) in [6.45, 7) is 8.08. The van der Waals surface area contributed by atoms with Crippen molar-refractivity contribution in [3.63, 3.8) is 0 Å². The molecular weight excluding hydrogens is 429 g/mol. The Morgan fingerprint density at radius 1 is 0.897 bits per heavy atom. The fraction of sp³-hybridized carbons (Fsp3) is 0.227. The summed E-state index contributed by atoms with van der Waals surface area (Å²) in [5, 5.41) is 1.20. The molecule has 1 amide bonds. The van der Waals surface area contributed by atoms with Crippen LogP contribution in [0.5, 0.6) is 0 Å². The summed E-state index contributed by atoms with van der Waals surface area (Å²) in [4.78, 5) is 19.1. The van der Waals surface area contributed by atoms with Crippen LogP contribution in [0.15, 0.2) is 71.5 Å². The topological polar surface area (TPSA) is 26.8 Å². The van der Waals surface area contributed by atoms with Gasteiger partial charge in [0.1, 0.15) is 5.70 Å². The van der Waals surface area contributed by atoms with Crippen molar-refractivity contribution >= 4 is 46.4 Å². The molecule has 4 nitrogen and oxygen atoms in total. The van der Waals surface area contributed by atoms with Gasteiger partial charge in [-0.05, 0) is 23.8 Å². The number of rotatable bonds is 4. The van der Waals surface area contributed by atoms with Crippen molar-refractivity contribution in [2.75, 3.05) is 31.1 Å². The smallest absolute Gasteiger partial charge is 0.280 e. The maximum Gasteiger partial charge on any atom is 0.280 e. The van der Waals surface area contributed by atoms with Gasteiger partial charge in [-0.2, -0.15) is 0 Å². The van der Waals surface area contributed by atoms with Gasteiger partial charge in [-0.15, -0.1) is 0 Å². The Kier molecular flexibility index (Phi) is 5.88. The molecule has 0 saturated carbocycles. The van der Waals surface area contributed by atoms with Gasteiger partial charge in [0.25, 0.3) is 5.91 Å². The highest BCUT2D eigenvalue weighted by Gasteiger charge is 2.38. The largest absolute Gasteiger partial charge is 0.363 e. The summed E-state index contributed by atoms with van der Waals surface area (Å²) in [7, 11) is 0. The fourth-order valence-electron chi connectivity index (χ4n) is 3.70. The lowest BCUT2D eigenvalue weighted by molar-refractivity contribution is -0.115. The average Bonchev–Trinajstić information content (AvgIpc) is 2.94. The number of carbonyl (C=O) groups excluding carboxylic acids is 1. The Bertz CT molecular complexity index is 982. The second kappa shape index (κ2) is 8.41. The van der Waals surface area contributed by atoms with E-state index in [-0.39, 0.29) is 5.91 Å². The molecule has 2 aromatic carbocycles. The predicted molar refractivity (Wildman–Crippen MR) is 119 cm³/mol. The van der Waals surface area contributed by atoms with E-state index in [1.807, 2.05) is 6.07 Å². The molecule has 2 aromatic rings. The van der Waals surface area contributed by atoms with E-state index in [1.54, 1.807) is 18.2 Å². The molecule has 150 valence electrons. The van der Waals surface area contributed by atoms with Crippen LogP contribution in [0, 0.1) is 0 Å². The van der Waals surface area contributed by atoms with Crippen LogP contribution in [0.1, 0.15) is 5.56 Å². The Hall–Kier alpha value is -1.98. The van der Waals surface area contributed by atoms with Crippen LogP contribution in [0.4, 0.5) is 5.69 Å². The van der Waals surface area contributed by atoms with Crippen molar-refractivity contribution in [1.29, 1.82) is 0 Å². The lowest BCUT2D eigenvalue weighted by Crippen LogP contribution is -2.47. The average molecular weight is 449 g/mol.